The Bertz CT molecular complexity index is 381. The summed E-state index contributed by atoms with van der Waals surface area (Å²) in [6.45, 7) is 6.59. The number of likely N-dealkylation sites (N-methyl/N-ethyl adjacent to an activating group) is 2. The number of aromatic nitrogens is 1. The Hall–Kier alpha value is -0.840. The van der Waals surface area contributed by atoms with Crippen molar-refractivity contribution in [2.45, 2.75) is 26.4 Å². The second-order valence-electron chi connectivity index (χ2n) is 4.70. The van der Waals surface area contributed by atoms with Crippen LogP contribution in [-0.2, 0) is 6.54 Å². The number of halogens is 1. The van der Waals surface area contributed by atoms with Crippen LogP contribution in [-0.4, -0.2) is 43.1 Å². The van der Waals surface area contributed by atoms with Crippen LogP contribution in [0.2, 0.25) is 5.02 Å². The highest BCUT2D eigenvalue weighted by atomic mass is 35.5. The molecule has 0 aliphatic rings. The fraction of sp³-hybridized carbons (Fsp3) is 0.615. The van der Waals surface area contributed by atoms with Gasteiger partial charge in [-0.15, -0.1) is 0 Å². The zero-order valence-electron chi connectivity index (χ0n) is 11.7. The summed E-state index contributed by atoms with van der Waals surface area (Å²) in [5.41, 5.74) is 6.40. The van der Waals surface area contributed by atoms with Gasteiger partial charge in [0.05, 0.1) is 10.7 Å². The van der Waals surface area contributed by atoms with Gasteiger partial charge in [0.25, 0.3) is 0 Å². The van der Waals surface area contributed by atoms with Gasteiger partial charge in [-0.1, -0.05) is 11.6 Å². The maximum absolute atomic E-state index is 6.04. The van der Waals surface area contributed by atoms with E-state index in [0.717, 1.165) is 24.6 Å². The van der Waals surface area contributed by atoms with Gasteiger partial charge in [-0.2, -0.15) is 0 Å². The minimum absolute atomic E-state index is 0.367. The Morgan fingerprint density at radius 1 is 1.39 bits per heavy atom. The molecule has 1 aromatic rings. The third-order valence-corrected chi connectivity index (χ3v) is 3.24. The first kappa shape index (κ1) is 15.2. The highest BCUT2D eigenvalue weighted by molar-refractivity contribution is 6.31. The van der Waals surface area contributed by atoms with Gasteiger partial charge in [0.15, 0.2) is 0 Å². The summed E-state index contributed by atoms with van der Waals surface area (Å²) in [6.07, 6.45) is 0. The van der Waals surface area contributed by atoms with Crippen LogP contribution in [0.4, 0.5) is 5.82 Å². The first-order valence-corrected chi connectivity index (χ1v) is 6.64. The highest BCUT2D eigenvalue weighted by Crippen LogP contribution is 2.20. The molecule has 0 aliphatic carbocycles. The molecule has 1 rings (SSSR count). The van der Waals surface area contributed by atoms with E-state index in [0.29, 0.717) is 17.6 Å². The molecule has 0 saturated heterocycles. The Labute approximate surface area is 115 Å². The molecule has 1 unspecified atom stereocenters. The predicted octanol–water partition coefficient (Wildman–Crippen LogP) is 1.97. The fourth-order valence-corrected chi connectivity index (χ4v) is 2.28. The second-order valence-corrected chi connectivity index (χ2v) is 5.11. The molecule has 2 N–H and O–H groups in total. The zero-order chi connectivity index (χ0) is 13.7. The Kier molecular flexibility index (Phi) is 5.85. The van der Waals surface area contributed by atoms with Gasteiger partial charge in [-0.3, -0.25) is 0 Å². The number of hydrogen-bond donors (Lipinski definition) is 1. The lowest BCUT2D eigenvalue weighted by atomic mass is 10.2. The van der Waals surface area contributed by atoms with Crippen LogP contribution in [0.25, 0.3) is 0 Å². The molecule has 1 atom stereocenters. The molecule has 5 heteroatoms. The lowest BCUT2D eigenvalue weighted by molar-refractivity contribution is 0.372. The standard InChI is InChI=1S/C13H23ClN4/c1-5-18(10(2)9-17(3)4)13-7-6-11(14)12(8-15)16-13/h6-7,10H,5,8-9,15H2,1-4H3. The molecule has 0 aromatic carbocycles. The smallest absolute Gasteiger partial charge is 0.129 e. The van der Waals surface area contributed by atoms with Crippen LogP contribution in [0.1, 0.15) is 19.5 Å². The van der Waals surface area contributed by atoms with Crippen molar-refractivity contribution >= 4 is 17.4 Å². The fourth-order valence-electron chi connectivity index (χ4n) is 2.10. The molecule has 0 amide bonds. The second kappa shape index (κ2) is 6.92. The van der Waals surface area contributed by atoms with E-state index in [9.17, 15) is 0 Å². The van der Waals surface area contributed by atoms with E-state index in [-0.39, 0.29) is 0 Å². The number of nitrogens with zero attached hydrogens (tertiary/aromatic N) is 3. The highest BCUT2D eigenvalue weighted by Gasteiger charge is 2.15. The number of pyridine rings is 1. The van der Waals surface area contributed by atoms with Gasteiger partial charge in [-0.05, 0) is 40.1 Å². The summed E-state index contributed by atoms with van der Waals surface area (Å²) in [4.78, 5) is 8.97. The SMILES string of the molecule is CCN(c1ccc(Cl)c(CN)n1)C(C)CN(C)C. The van der Waals surface area contributed by atoms with Gasteiger partial charge < -0.3 is 15.5 Å². The summed E-state index contributed by atoms with van der Waals surface area (Å²) < 4.78 is 0. The molecule has 1 aromatic heterocycles. The molecular weight excluding hydrogens is 248 g/mol. The summed E-state index contributed by atoms with van der Waals surface area (Å²) >= 11 is 6.04. The Morgan fingerprint density at radius 2 is 2.06 bits per heavy atom. The molecule has 0 radical (unpaired) electrons. The minimum atomic E-state index is 0.367. The zero-order valence-corrected chi connectivity index (χ0v) is 12.4. The Balaban J connectivity index is 2.94. The normalized spacial score (nSPS) is 12.8. The topological polar surface area (TPSA) is 45.4 Å². The van der Waals surface area contributed by atoms with Crippen molar-refractivity contribution in [3.8, 4) is 0 Å². The Morgan fingerprint density at radius 3 is 2.56 bits per heavy atom. The average molecular weight is 271 g/mol. The molecular formula is C13H23ClN4. The summed E-state index contributed by atoms with van der Waals surface area (Å²) in [7, 11) is 4.15. The first-order chi connectivity index (χ1) is 8.49. The van der Waals surface area contributed by atoms with Crippen molar-refractivity contribution in [2.75, 3.05) is 32.1 Å². The van der Waals surface area contributed by atoms with Crippen LogP contribution in [0, 0.1) is 0 Å². The van der Waals surface area contributed by atoms with Crippen molar-refractivity contribution < 1.29 is 0 Å². The molecule has 0 fully saturated rings. The maximum atomic E-state index is 6.04. The van der Waals surface area contributed by atoms with Gasteiger partial charge in [0.2, 0.25) is 0 Å². The first-order valence-electron chi connectivity index (χ1n) is 6.26. The van der Waals surface area contributed by atoms with E-state index < -0.39 is 0 Å². The van der Waals surface area contributed by atoms with Gasteiger partial charge >= 0.3 is 0 Å². The van der Waals surface area contributed by atoms with Crippen LogP contribution < -0.4 is 10.6 Å². The maximum Gasteiger partial charge on any atom is 0.129 e. The largest absolute Gasteiger partial charge is 0.353 e. The number of nitrogens with two attached hydrogens (primary N) is 1. The summed E-state index contributed by atoms with van der Waals surface area (Å²) in [5, 5.41) is 0.637. The molecule has 4 nitrogen and oxygen atoms in total. The van der Waals surface area contributed by atoms with Crippen LogP contribution in [0.3, 0.4) is 0 Å². The quantitative estimate of drug-likeness (QED) is 0.859. The third-order valence-electron chi connectivity index (χ3n) is 2.89. The lowest BCUT2D eigenvalue weighted by Crippen LogP contribution is -2.40. The van der Waals surface area contributed by atoms with E-state index in [1.165, 1.54) is 0 Å². The van der Waals surface area contributed by atoms with Crippen LogP contribution in [0.15, 0.2) is 12.1 Å². The van der Waals surface area contributed by atoms with Crippen molar-refractivity contribution in [2.24, 2.45) is 5.73 Å². The van der Waals surface area contributed by atoms with Crippen molar-refractivity contribution in [1.29, 1.82) is 0 Å². The van der Waals surface area contributed by atoms with E-state index in [1.54, 1.807) is 0 Å². The van der Waals surface area contributed by atoms with Crippen molar-refractivity contribution in [3.63, 3.8) is 0 Å². The van der Waals surface area contributed by atoms with Gasteiger partial charge in [-0.25, -0.2) is 4.98 Å². The van der Waals surface area contributed by atoms with Crippen LogP contribution in [0.5, 0.6) is 0 Å². The lowest BCUT2D eigenvalue weighted by Gasteiger charge is -2.31. The number of anilines is 1. The van der Waals surface area contributed by atoms with E-state index in [4.69, 9.17) is 17.3 Å². The molecule has 0 spiro atoms. The van der Waals surface area contributed by atoms with Crippen molar-refractivity contribution in [3.05, 3.63) is 22.8 Å². The molecule has 102 valence electrons. The van der Waals surface area contributed by atoms with Gasteiger partial charge in [0.1, 0.15) is 5.82 Å². The third kappa shape index (κ3) is 3.83. The average Bonchev–Trinajstić information content (AvgIpc) is 2.31. The van der Waals surface area contributed by atoms with Gasteiger partial charge in [0, 0.05) is 25.7 Å². The minimum Gasteiger partial charge on any atom is -0.353 e. The van der Waals surface area contributed by atoms with Crippen molar-refractivity contribution in [1.82, 2.24) is 9.88 Å². The van der Waals surface area contributed by atoms with E-state index >= 15 is 0 Å². The summed E-state index contributed by atoms with van der Waals surface area (Å²) in [6, 6.07) is 4.22. The summed E-state index contributed by atoms with van der Waals surface area (Å²) in [5.74, 6) is 0.941. The molecule has 1 heterocycles. The van der Waals surface area contributed by atoms with E-state index in [2.05, 4.69) is 42.7 Å². The molecule has 18 heavy (non-hydrogen) atoms. The predicted molar refractivity (Wildman–Crippen MR) is 78.2 cm³/mol. The molecule has 0 bridgehead atoms. The number of rotatable bonds is 6. The van der Waals surface area contributed by atoms with Crippen LogP contribution >= 0.6 is 11.6 Å². The monoisotopic (exact) mass is 270 g/mol. The number of hydrogen-bond acceptors (Lipinski definition) is 4. The molecule has 0 saturated carbocycles. The molecule has 0 aliphatic heterocycles. The van der Waals surface area contributed by atoms with E-state index in [1.807, 2.05) is 12.1 Å².